The molecule has 2 rings (SSSR count). The maximum Gasteiger partial charge on any atom is 0.146 e. The SMILES string of the molecule is COCO[C@H]1COCC2=NOC[C@@H]21. The topological polar surface area (TPSA) is 49.3 Å². The summed E-state index contributed by atoms with van der Waals surface area (Å²) in [5.74, 6) is 0.254. The third-order valence-corrected chi connectivity index (χ3v) is 2.24. The quantitative estimate of drug-likeness (QED) is 0.584. The van der Waals surface area contributed by atoms with Crippen molar-refractivity contribution in [3.63, 3.8) is 0 Å². The Morgan fingerprint density at radius 3 is 3.31 bits per heavy atom. The number of hydrogen-bond donors (Lipinski definition) is 0. The lowest BCUT2D eigenvalue weighted by Crippen LogP contribution is -2.41. The van der Waals surface area contributed by atoms with Gasteiger partial charge in [0.15, 0.2) is 0 Å². The fraction of sp³-hybridized carbons (Fsp3) is 0.875. The predicted octanol–water partition coefficient (Wildman–Crippen LogP) is 0.00810. The monoisotopic (exact) mass is 187 g/mol. The Balaban J connectivity index is 1.91. The molecule has 0 saturated carbocycles. The van der Waals surface area contributed by atoms with Crippen LogP contribution in [-0.2, 0) is 19.0 Å². The minimum absolute atomic E-state index is 0.0231. The van der Waals surface area contributed by atoms with Crippen molar-refractivity contribution in [3.05, 3.63) is 0 Å². The molecule has 2 atom stereocenters. The van der Waals surface area contributed by atoms with Crippen molar-refractivity contribution in [2.45, 2.75) is 6.10 Å². The maximum absolute atomic E-state index is 5.44. The molecule has 5 nitrogen and oxygen atoms in total. The van der Waals surface area contributed by atoms with Gasteiger partial charge in [-0.3, -0.25) is 0 Å². The first-order valence-corrected chi connectivity index (χ1v) is 4.29. The highest BCUT2D eigenvalue weighted by atomic mass is 16.7. The Hall–Kier alpha value is -0.650. The summed E-state index contributed by atoms with van der Waals surface area (Å²) in [6.45, 7) is 2.05. The molecule has 0 aromatic heterocycles. The summed E-state index contributed by atoms with van der Waals surface area (Å²) >= 11 is 0. The molecule has 13 heavy (non-hydrogen) atoms. The van der Waals surface area contributed by atoms with E-state index < -0.39 is 0 Å². The number of hydrogen-bond acceptors (Lipinski definition) is 5. The molecule has 0 bridgehead atoms. The van der Waals surface area contributed by atoms with E-state index in [-0.39, 0.29) is 18.8 Å². The lowest BCUT2D eigenvalue weighted by Gasteiger charge is -2.27. The second-order valence-electron chi connectivity index (χ2n) is 3.11. The van der Waals surface area contributed by atoms with Crippen molar-refractivity contribution in [1.29, 1.82) is 0 Å². The summed E-state index contributed by atoms with van der Waals surface area (Å²) in [7, 11) is 1.60. The van der Waals surface area contributed by atoms with Crippen molar-refractivity contribution in [3.8, 4) is 0 Å². The van der Waals surface area contributed by atoms with Gasteiger partial charge in [0.2, 0.25) is 0 Å². The van der Waals surface area contributed by atoms with Crippen molar-refractivity contribution in [2.75, 3.05) is 33.7 Å². The molecule has 1 saturated heterocycles. The molecule has 0 amide bonds. The smallest absolute Gasteiger partial charge is 0.146 e. The van der Waals surface area contributed by atoms with Crippen LogP contribution in [0.2, 0.25) is 0 Å². The van der Waals surface area contributed by atoms with E-state index in [0.29, 0.717) is 19.8 Å². The zero-order chi connectivity index (χ0) is 9.10. The first-order chi connectivity index (χ1) is 6.42. The van der Waals surface area contributed by atoms with Crippen molar-refractivity contribution in [2.24, 2.45) is 11.1 Å². The van der Waals surface area contributed by atoms with Gasteiger partial charge in [-0.2, -0.15) is 0 Å². The number of fused-ring (bicyclic) bond motifs is 1. The fourth-order valence-corrected chi connectivity index (χ4v) is 1.54. The maximum atomic E-state index is 5.44. The third-order valence-electron chi connectivity index (χ3n) is 2.24. The highest BCUT2D eigenvalue weighted by Gasteiger charge is 2.36. The first-order valence-electron chi connectivity index (χ1n) is 4.29. The van der Waals surface area contributed by atoms with Gasteiger partial charge in [-0.25, -0.2) is 0 Å². The largest absolute Gasteiger partial charge is 0.395 e. The van der Waals surface area contributed by atoms with Crippen molar-refractivity contribution in [1.82, 2.24) is 0 Å². The van der Waals surface area contributed by atoms with E-state index in [1.807, 2.05) is 0 Å². The number of nitrogens with zero attached hydrogens (tertiary/aromatic N) is 1. The predicted molar refractivity (Wildman–Crippen MR) is 44.4 cm³/mol. The Kier molecular flexibility index (Phi) is 2.77. The van der Waals surface area contributed by atoms with Crippen LogP contribution in [0.25, 0.3) is 0 Å². The minimum Gasteiger partial charge on any atom is -0.395 e. The van der Waals surface area contributed by atoms with Crippen LogP contribution in [0.15, 0.2) is 5.16 Å². The molecule has 2 heterocycles. The van der Waals surface area contributed by atoms with E-state index >= 15 is 0 Å². The molecule has 1 fully saturated rings. The molecule has 74 valence electrons. The molecule has 0 N–H and O–H groups in total. The van der Waals surface area contributed by atoms with E-state index in [2.05, 4.69) is 5.16 Å². The second-order valence-corrected chi connectivity index (χ2v) is 3.11. The fourth-order valence-electron chi connectivity index (χ4n) is 1.54. The van der Waals surface area contributed by atoms with E-state index in [0.717, 1.165) is 5.71 Å². The highest BCUT2D eigenvalue weighted by Crippen LogP contribution is 2.21. The number of ether oxygens (including phenoxy) is 3. The number of methoxy groups -OCH3 is 1. The average Bonchev–Trinajstić information content (AvgIpc) is 2.62. The van der Waals surface area contributed by atoms with Crippen LogP contribution in [-0.4, -0.2) is 45.5 Å². The second kappa shape index (κ2) is 4.04. The Bertz CT molecular complexity index is 206. The molecule has 0 radical (unpaired) electrons. The van der Waals surface area contributed by atoms with Crippen LogP contribution in [0.1, 0.15) is 0 Å². The van der Waals surface area contributed by atoms with Crippen LogP contribution in [0, 0.1) is 5.92 Å². The van der Waals surface area contributed by atoms with Gasteiger partial charge in [0, 0.05) is 7.11 Å². The number of oxime groups is 1. The van der Waals surface area contributed by atoms with Gasteiger partial charge in [0.05, 0.1) is 30.9 Å². The summed E-state index contributed by atoms with van der Waals surface area (Å²) < 4.78 is 15.6. The lowest BCUT2D eigenvalue weighted by atomic mass is 9.97. The molecule has 0 aliphatic carbocycles. The Morgan fingerprint density at radius 2 is 2.46 bits per heavy atom. The van der Waals surface area contributed by atoms with E-state index in [1.54, 1.807) is 7.11 Å². The molecule has 0 aromatic carbocycles. The van der Waals surface area contributed by atoms with Gasteiger partial charge in [-0.05, 0) is 0 Å². The zero-order valence-corrected chi connectivity index (χ0v) is 7.56. The summed E-state index contributed by atoms with van der Waals surface area (Å²) in [5.41, 5.74) is 0.951. The van der Waals surface area contributed by atoms with Gasteiger partial charge >= 0.3 is 0 Å². The van der Waals surface area contributed by atoms with E-state index in [4.69, 9.17) is 19.0 Å². The van der Waals surface area contributed by atoms with Gasteiger partial charge < -0.3 is 19.0 Å². The molecule has 2 aliphatic heterocycles. The van der Waals surface area contributed by atoms with Crippen molar-refractivity contribution >= 4 is 5.71 Å². The van der Waals surface area contributed by atoms with Crippen LogP contribution < -0.4 is 0 Å². The summed E-state index contributed by atoms with van der Waals surface area (Å²) in [6, 6.07) is 0. The van der Waals surface area contributed by atoms with Gasteiger partial charge in [-0.15, -0.1) is 0 Å². The summed E-state index contributed by atoms with van der Waals surface area (Å²) in [4.78, 5) is 4.99. The third kappa shape index (κ3) is 1.82. The molecular formula is C8H13NO4. The van der Waals surface area contributed by atoms with Crippen LogP contribution in [0.5, 0.6) is 0 Å². The van der Waals surface area contributed by atoms with E-state index in [1.165, 1.54) is 0 Å². The van der Waals surface area contributed by atoms with Gasteiger partial charge in [-0.1, -0.05) is 5.16 Å². The van der Waals surface area contributed by atoms with Crippen LogP contribution in [0.4, 0.5) is 0 Å². The van der Waals surface area contributed by atoms with Gasteiger partial charge in [0.1, 0.15) is 13.4 Å². The van der Waals surface area contributed by atoms with E-state index in [9.17, 15) is 0 Å². The minimum atomic E-state index is 0.0231. The normalized spacial score (nSPS) is 32.2. The molecule has 0 unspecified atom stereocenters. The molecule has 2 aliphatic rings. The Morgan fingerprint density at radius 1 is 1.54 bits per heavy atom. The number of rotatable bonds is 3. The van der Waals surface area contributed by atoms with Crippen LogP contribution >= 0.6 is 0 Å². The van der Waals surface area contributed by atoms with Crippen molar-refractivity contribution < 1.29 is 19.0 Å². The first kappa shape index (κ1) is 8.93. The summed E-state index contributed by atoms with van der Waals surface area (Å²) in [6.07, 6.45) is 0.0231. The lowest BCUT2D eigenvalue weighted by molar-refractivity contribution is -0.116. The Labute approximate surface area is 76.6 Å². The zero-order valence-electron chi connectivity index (χ0n) is 7.56. The summed E-state index contributed by atoms with van der Waals surface area (Å²) in [5, 5.41) is 3.89. The van der Waals surface area contributed by atoms with Crippen LogP contribution in [0.3, 0.4) is 0 Å². The molecule has 0 spiro atoms. The standard InChI is InChI=1S/C8H13NO4/c1-10-5-12-8-4-11-3-7-6(8)2-13-9-7/h6,8H,2-5H2,1H3/t6-,8-/m0/s1. The molecule has 5 heteroatoms. The molecule has 0 aromatic rings. The average molecular weight is 187 g/mol. The highest BCUT2D eigenvalue weighted by molar-refractivity contribution is 5.89. The van der Waals surface area contributed by atoms with Gasteiger partial charge in [0.25, 0.3) is 0 Å². The molecular weight excluding hydrogens is 174 g/mol.